The van der Waals surface area contributed by atoms with Crippen molar-refractivity contribution in [3.8, 4) is 0 Å². The van der Waals surface area contributed by atoms with Gasteiger partial charge in [-0.05, 0) is 62.4 Å². The molecule has 0 N–H and O–H groups in total. The van der Waals surface area contributed by atoms with E-state index in [1.54, 1.807) is 31.2 Å². The first kappa shape index (κ1) is 19.0. The van der Waals surface area contributed by atoms with Gasteiger partial charge in [-0.25, -0.2) is 0 Å². The van der Waals surface area contributed by atoms with Crippen LogP contribution in [0.25, 0.3) is 0 Å². The molecule has 3 rings (SSSR count). The van der Waals surface area contributed by atoms with Crippen molar-refractivity contribution < 1.29 is 19.1 Å². The van der Waals surface area contributed by atoms with Gasteiger partial charge in [0.15, 0.2) is 11.6 Å². The van der Waals surface area contributed by atoms with Gasteiger partial charge in [-0.1, -0.05) is 30.3 Å². The predicted octanol–water partition coefficient (Wildman–Crippen LogP) is 4.19. The maximum Gasteiger partial charge on any atom is 0.307 e. The molecule has 140 valence electrons. The zero-order valence-electron chi connectivity index (χ0n) is 16.4. The molecule has 0 fully saturated rings. The van der Waals surface area contributed by atoms with Gasteiger partial charge in [0.05, 0.1) is 13.0 Å². The fraction of sp³-hybridized carbons (Fsp3) is 0.348. The highest BCUT2D eigenvalue weighted by atomic mass is 16.5. The van der Waals surface area contributed by atoms with Crippen LogP contribution in [-0.4, -0.2) is 24.1 Å². The average molecular weight is 364 g/mol. The number of ketones is 2. The Morgan fingerprint density at radius 2 is 1.48 bits per heavy atom. The van der Waals surface area contributed by atoms with Crippen LogP contribution in [0.1, 0.15) is 61.9 Å². The second-order valence-corrected chi connectivity index (χ2v) is 7.23. The maximum atomic E-state index is 13.5. The van der Waals surface area contributed by atoms with Crippen LogP contribution in [0.2, 0.25) is 0 Å². The van der Waals surface area contributed by atoms with Crippen molar-refractivity contribution >= 4 is 17.5 Å². The smallest absolute Gasteiger partial charge is 0.307 e. The maximum absolute atomic E-state index is 13.5. The van der Waals surface area contributed by atoms with E-state index in [0.717, 1.165) is 22.3 Å². The van der Waals surface area contributed by atoms with Crippen LogP contribution in [0.3, 0.4) is 0 Å². The van der Waals surface area contributed by atoms with Crippen molar-refractivity contribution in [2.75, 3.05) is 6.61 Å². The van der Waals surface area contributed by atoms with E-state index in [-0.39, 0.29) is 24.6 Å². The molecule has 0 radical (unpaired) electrons. The van der Waals surface area contributed by atoms with E-state index in [4.69, 9.17) is 4.74 Å². The second kappa shape index (κ2) is 6.76. The highest BCUT2D eigenvalue weighted by Gasteiger charge is 2.56. The largest absolute Gasteiger partial charge is 0.466 e. The van der Waals surface area contributed by atoms with E-state index in [0.29, 0.717) is 16.7 Å². The third kappa shape index (κ3) is 2.71. The van der Waals surface area contributed by atoms with Crippen molar-refractivity contribution in [1.82, 2.24) is 0 Å². The summed E-state index contributed by atoms with van der Waals surface area (Å²) in [7, 11) is 0. The lowest BCUT2D eigenvalue weighted by molar-refractivity contribution is -0.143. The van der Waals surface area contributed by atoms with E-state index in [1.165, 1.54) is 0 Å². The minimum atomic E-state index is -1.55. The summed E-state index contributed by atoms with van der Waals surface area (Å²) in [5.74, 6) is -1.17. The monoisotopic (exact) mass is 364 g/mol. The topological polar surface area (TPSA) is 60.4 Å². The standard InChI is InChI=1S/C23H24O4/c1-6-27-19(24)12-23(20-14(3)11-13(2)15(4)16(20)5)21(25)17-9-7-8-10-18(17)22(23)26/h7-11H,6,12H2,1-5H3. The van der Waals surface area contributed by atoms with E-state index in [1.807, 2.05) is 33.8 Å². The first-order chi connectivity index (χ1) is 12.8. The number of benzene rings is 2. The Balaban J connectivity index is 2.33. The summed E-state index contributed by atoms with van der Waals surface area (Å²) in [4.78, 5) is 39.6. The van der Waals surface area contributed by atoms with Crippen molar-refractivity contribution in [1.29, 1.82) is 0 Å². The quantitative estimate of drug-likeness (QED) is 0.603. The third-order valence-electron chi connectivity index (χ3n) is 5.69. The molecular weight excluding hydrogens is 340 g/mol. The molecule has 0 aromatic heterocycles. The van der Waals surface area contributed by atoms with Crippen molar-refractivity contribution in [2.45, 2.75) is 46.5 Å². The van der Waals surface area contributed by atoms with E-state index in [9.17, 15) is 14.4 Å². The Kier molecular flexibility index (Phi) is 4.77. The molecule has 0 saturated heterocycles. The Hall–Kier alpha value is -2.75. The fourth-order valence-electron chi connectivity index (χ4n) is 4.29. The summed E-state index contributed by atoms with van der Waals surface area (Å²) in [6, 6.07) is 8.78. The van der Waals surface area contributed by atoms with E-state index >= 15 is 0 Å². The lowest BCUT2D eigenvalue weighted by Gasteiger charge is -2.30. The molecule has 2 aromatic rings. The lowest BCUT2D eigenvalue weighted by Crippen LogP contribution is -2.42. The van der Waals surface area contributed by atoms with Gasteiger partial charge in [0.2, 0.25) is 0 Å². The number of ether oxygens (including phenoxy) is 1. The molecule has 0 spiro atoms. The number of carbonyl (C=O) groups is 3. The minimum Gasteiger partial charge on any atom is -0.466 e. The number of hydrogen-bond acceptors (Lipinski definition) is 4. The van der Waals surface area contributed by atoms with Crippen LogP contribution in [0.4, 0.5) is 0 Å². The molecular formula is C23H24O4. The van der Waals surface area contributed by atoms with Gasteiger partial charge in [0.25, 0.3) is 0 Å². The normalized spacial score (nSPS) is 15.0. The van der Waals surface area contributed by atoms with Gasteiger partial charge in [0, 0.05) is 11.1 Å². The average Bonchev–Trinajstić information content (AvgIpc) is 2.83. The summed E-state index contributed by atoms with van der Waals surface area (Å²) in [5, 5.41) is 0. The van der Waals surface area contributed by atoms with Crippen molar-refractivity contribution in [3.05, 3.63) is 69.3 Å². The van der Waals surface area contributed by atoms with Crippen molar-refractivity contribution in [3.63, 3.8) is 0 Å². The number of hydrogen-bond donors (Lipinski definition) is 0. The lowest BCUT2D eigenvalue weighted by atomic mass is 9.69. The number of aryl methyl sites for hydroxylation is 2. The van der Waals surface area contributed by atoms with Crippen LogP contribution in [-0.2, 0) is 14.9 Å². The Bertz CT molecular complexity index is 934. The summed E-state index contributed by atoms with van der Waals surface area (Å²) < 4.78 is 5.14. The molecule has 4 nitrogen and oxygen atoms in total. The predicted molar refractivity (Wildman–Crippen MR) is 103 cm³/mol. The third-order valence-corrected chi connectivity index (χ3v) is 5.69. The molecule has 1 aliphatic rings. The molecule has 0 bridgehead atoms. The van der Waals surface area contributed by atoms with Crippen LogP contribution in [0, 0.1) is 27.7 Å². The zero-order chi connectivity index (χ0) is 19.9. The van der Waals surface area contributed by atoms with Crippen LogP contribution < -0.4 is 0 Å². The van der Waals surface area contributed by atoms with Crippen LogP contribution in [0.15, 0.2) is 30.3 Å². The summed E-state index contributed by atoms with van der Waals surface area (Å²) in [5.41, 5.74) is 3.69. The van der Waals surface area contributed by atoms with Gasteiger partial charge in [0.1, 0.15) is 5.41 Å². The Labute approximate surface area is 159 Å². The molecule has 0 atom stereocenters. The Morgan fingerprint density at radius 3 is 2.00 bits per heavy atom. The zero-order valence-corrected chi connectivity index (χ0v) is 16.4. The fourth-order valence-corrected chi connectivity index (χ4v) is 4.29. The van der Waals surface area contributed by atoms with Crippen LogP contribution in [0.5, 0.6) is 0 Å². The van der Waals surface area contributed by atoms with Gasteiger partial charge < -0.3 is 4.74 Å². The second-order valence-electron chi connectivity index (χ2n) is 7.23. The van der Waals surface area contributed by atoms with Gasteiger partial charge in [-0.2, -0.15) is 0 Å². The number of Topliss-reactive ketones (excluding diaryl/α,β-unsaturated/α-hetero) is 2. The molecule has 0 amide bonds. The van der Waals surface area contributed by atoms with Gasteiger partial charge in [-0.3, -0.25) is 14.4 Å². The molecule has 27 heavy (non-hydrogen) atoms. The summed E-state index contributed by atoms with van der Waals surface area (Å²) in [6.07, 6.45) is -0.280. The molecule has 0 saturated carbocycles. The summed E-state index contributed by atoms with van der Waals surface area (Å²) in [6.45, 7) is 9.71. The molecule has 0 heterocycles. The number of rotatable bonds is 4. The number of esters is 1. The molecule has 4 heteroatoms. The number of carbonyl (C=O) groups excluding carboxylic acids is 3. The minimum absolute atomic E-state index is 0.204. The summed E-state index contributed by atoms with van der Waals surface area (Å²) >= 11 is 0. The SMILES string of the molecule is CCOC(=O)CC1(c2c(C)cc(C)c(C)c2C)C(=O)c2ccccc2C1=O. The van der Waals surface area contributed by atoms with E-state index in [2.05, 4.69) is 0 Å². The first-order valence-electron chi connectivity index (χ1n) is 9.17. The Morgan fingerprint density at radius 1 is 0.926 bits per heavy atom. The van der Waals surface area contributed by atoms with Crippen molar-refractivity contribution in [2.24, 2.45) is 0 Å². The number of fused-ring (bicyclic) bond motifs is 1. The highest BCUT2D eigenvalue weighted by Crippen LogP contribution is 2.45. The first-order valence-corrected chi connectivity index (χ1v) is 9.17. The highest BCUT2D eigenvalue weighted by molar-refractivity contribution is 6.34. The molecule has 1 aliphatic carbocycles. The van der Waals surface area contributed by atoms with Crippen LogP contribution >= 0.6 is 0 Å². The molecule has 0 aliphatic heterocycles. The van der Waals surface area contributed by atoms with Gasteiger partial charge >= 0.3 is 5.97 Å². The molecule has 0 unspecified atom stereocenters. The molecule has 2 aromatic carbocycles. The van der Waals surface area contributed by atoms with E-state index < -0.39 is 11.4 Å². The van der Waals surface area contributed by atoms with Gasteiger partial charge in [-0.15, -0.1) is 0 Å².